The summed E-state index contributed by atoms with van der Waals surface area (Å²) in [6.07, 6.45) is 6.83. The second-order valence-corrected chi connectivity index (χ2v) is 5.46. The normalized spacial score (nSPS) is 17.0. The van der Waals surface area contributed by atoms with Crippen molar-refractivity contribution in [3.63, 3.8) is 0 Å². The van der Waals surface area contributed by atoms with Crippen LogP contribution in [-0.2, 0) is 4.79 Å². The summed E-state index contributed by atoms with van der Waals surface area (Å²) >= 11 is 0. The molecule has 112 valence electrons. The maximum Gasteiger partial charge on any atom is 0.236 e. The van der Waals surface area contributed by atoms with Crippen LogP contribution in [0.5, 0.6) is 0 Å². The molecule has 0 aromatic rings. The van der Waals surface area contributed by atoms with Crippen molar-refractivity contribution in [3.8, 4) is 0 Å². The van der Waals surface area contributed by atoms with Crippen molar-refractivity contribution in [1.82, 2.24) is 9.80 Å². The third-order valence-corrected chi connectivity index (χ3v) is 4.14. The lowest BCUT2D eigenvalue weighted by molar-refractivity contribution is -0.133. The number of rotatable bonds is 7. The van der Waals surface area contributed by atoms with Crippen molar-refractivity contribution in [2.24, 2.45) is 0 Å². The smallest absolute Gasteiger partial charge is 0.236 e. The van der Waals surface area contributed by atoms with E-state index < -0.39 is 0 Å². The Hall–Kier alpha value is -0.610. The standard InChI is InChI=1S/C15H30N2O2/c1-3-14(4-2)17(11-12-18)13-15(19)16-9-7-5-6-8-10-16/h14,18H,3-13H2,1-2H3. The van der Waals surface area contributed by atoms with Gasteiger partial charge in [0.2, 0.25) is 5.91 Å². The van der Waals surface area contributed by atoms with E-state index in [2.05, 4.69) is 18.7 Å². The van der Waals surface area contributed by atoms with Gasteiger partial charge in [-0.1, -0.05) is 26.7 Å². The molecule has 1 saturated heterocycles. The Kier molecular flexibility index (Phi) is 8.07. The zero-order chi connectivity index (χ0) is 14.1. The molecule has 1 fully saturated rings. The third kappa shape index (κ3) is 5.49. The molecular weight excluding hydrogens is 240 g/mol. The Morgan fingerprint density at radius 3 is 2.21 bits per heavy atom. The zero-order valence-electron chi connectivity index (χ0n) is 12.6. The summed E-state index contributed by atoms with van der Waals surface area (Å²) in [6.45, 7) is 7.32. The first kappa shape index (κ1) is 16.4. The molecule has 0 bridgehead atoms. The summed E-state index contributed by atoms with van der Waals surface area (Å²) in [5.74, 6) is 0.238. The minimum Gasteiger partial charge on any atom is -0.395 e. The number of carbonyl (C=O) groups excluding carboxylic acids is 1. The van der Waals surface area contributed by atoms with Crippen LogP contribution in [0.3, 0.4) is 0 Å². The van der Waals surface area contributed by atoms with Crippen LogP contribution in [-0.4, -0.2) is 59.6 Å². The van der Waals surface area contributed by atoms with Gasteiger partial charge in [-0.3, -0.25) is 9.69 Å². The van der Waals surface area contributed by atoms with E-state index in [1.807, 2.05) is 4.90 Å². The van der Waals surface area contributed by atoms with Crippen LogP contribution < -0.4 is 0 Å². The van der Waals surface area contributed by atoms with Crippen LogP contribution in [0, 0.1) is 0 Å². The molecule has 0 aliphatic carbocycles. The molecule has 4 heteroatoms. The molecule has 0 unspecified atom stereocenters. The van der Waals surface area contributed by atoms with Crippen LogP contribution in [0.15, 0.2) is 0 Å². The quantitative estimate of drug-likeness (QED) is 0.768. The fourth-order valence-corrected chi connectivity index (χ4v) is 2.92. The van der Waals surface area contributed by atoms with Crippen LogP contribution in [0.1, 0.15) is 52.4 Å². The number of aliphatic hydroxyl groups excluding tert-OH is 1. The van der Waals surface area contributed by atoms with Crippen molar-refractivity contribution in [3.05, 3.63) is 0 Å². The van der Waals surface area contributed by atoms with Gasteiger partial charge < -0.3 is 10.0 Å². The maximum absolute atomic E-state index is 12.4. The van der Waals surface area contributed by atoms with Crippen LogP contribution in [0.4, 0.5) is 0 Å². The Labute approximate surface area is 117 Å². The van der Waals surface area contributed by atoms with Crippen molar-refractivity contribution < 1.29 is 9.90 Å². The lowest BCUT2D eigenvalue weighted by Gasteiger charge is -2.31. The van der Waals surface area contributed by atoms with Crippen molar-refractivity contribution in [2.45, 2.75) is 58.4 Å². The van der Waals surface area contributed by atoms with Gasteiger partial charge in [0.1, 0.15) is 0 Å². The molecular formula is C15H30N2O2. The lowest BCUT2D eigenvalue weighted by atomic mass is 10.1. The largest absolute Gasteiger partial charge is 0.395 e. The number of carbonyl (C=O) groups is 1. The van der Waals surface area contributed by atoms with Crippen LogP contribution >= 0.6 is 0 Å². The van der Waals surface area contributed by atoms with Gasteiger partial charge in [0.05, 0.1) is 13.2 Å². The Morgan fingerprint density at radius 1 is 1.16 bits per heavy atom. The molecule has 1 amide bonds. The highest BCUT2D eigenvalue weighted by Crippen LogP contribution is 2.12. The Bertz CT molecular complexity index is 247. The first-order valence-corrected chi connectivity index (χ1v) is 7.85. The maximum atomic E-state index is 12.4. The average molecular weight is 270 g/mol. The molecule has 1 aliphatic rings. The summed E-state index contributed by atoms with van der Waals surface area (Å²) < 4.78 is 0. The number of nitrogens with zero attached hydrogens (tertiary/aromatic N) is 2. The molecule has 0 aromatic carbocycles. The van der Waals surface area contributed by atoms with E-state index in [0.29, 0.717) is 19.1 Å². The molecule has 1 N–H and O–H groups in total. The van der Waals surface area contributed by atoms with Gasteiger partial charge in [-0.25, -0.2) is 0 Å². The monoisotopic (exact) mass is 270 g/mol. The van der Waals surface area contributed by atoms with E-state index >= 15 is 0 Å². The van der Waals surface area contributed by atoms with E-state index in [9.17, 15) is 9.90 Å². The third-order valence-electron chi connectivity index (χ3n) is 4.14. The van der Waals surface area contributed by atoms with Crippen molar-refractivity contribution in [1.29, 1.82) is 0 Å². The highest BCUT2D eigenvalue weighted by atomic mass is 16.3. The van der Waals surface area contributed by atoms with E-state index in [0.717, 1.165) is 38.8 Å². The molecule has 0 atom stereocenters. The predicted molar refractivity (Wildman–Crippen MR) is 78.1 cm³/mol. The van der Waals surface area contributed by atoms with Gasteiger partial charge in [-0.15, -0.1) is 0 Å². The second kappa shape index (κ2) is 9.32. The molecule has 1 rings (SSSR count). The summed E-state index contributed by atoms with van der Waals surface area (Å²) in [6, 6.07) is 0.406. The number of hydrogen-bond acceptors (Lipinski definition) is 3. The van der Waals surface area contributed by atoms with Crippen molar-refractivity contribution >= 4 is 5.91 Å². The zero-order valence-corrected chi connectivity index (χ0v) is 12.6. The molecule has 0 radical (unpaired) electrons. The second-order valence-electron chi connectivity index (χ2n) is 5.46. The first-order chi connectivity index (χ1) is 9.22. The van der Waals surface area contributed by atoms with E-state index in [1.54, 1.807) is 0 Å². The highest BCUT2D eigenvalue weighted by molar-refractivity contribution is 5.78. The van der Waals surface area contributed by atoms with Crippen molar-refractivity contribution in [2.75, 3.05) is 32.8 Å². The number of likely N-dealkylation sites (tertiary alicyclic amines) is 1. The fraction of sp³-hybridized carbons (Fsp3) is 0.933. The van der Waals surface area contributed by atoms with Gasteiger partial charge in [0.15, 0.2) is 0 Å². The molecule has 4 nitrogen and oxygen atoms in total. The summed E-state index contributed by atoms with van der Waals surface area (Å²) in [5.41, 5.74) is 0. The molecule has 0 aromatic heterocycles. The minimum absolute atomic E-state index is 0.129. The van der Waals surface area contributed by atoms with E-state index in [1.165, 1.54) is 12.8 Å². The SMILES string of the molecule is CCC(CC)N(CCO)CC(=O)N1CCCCCC1. The molecule has 1 heterocycles. The molecule has 0 spiro atoms. The minimum atomic E-state index is 0.129. The topological polar surface area (TPSA) is 43.8 Å². The van der Waals surface area contributed by atoms with Gasteiger partial charge >= 0.3 is 0 Å². The molecule has 1 aliphatic heterocycles. The van der Waals surface area contributed by atoms with Gasteiger partial charge in [0.25, 0.3) is 0 Å². The van der Waals surface area contributed by atoms with E-state index in [4.69, 9.17) is 0 Å². The van der Waals surface area contributed by atoms with Gasteiger partial charge in [-0.2, -0.15) is 0 Å². The fourth-order valence-electron chi connectivity index (χ4n) is 2.92. The summed E-state index contributed by atoms with van der Waals surface area (Å²) in [7, 11) is 0. The molecule has 0 saturated carbocycles. The Balaban J connectivity index is 2.53. The number of hydrogen-bond donors (Lipinski definition) is 1. The van der Waals surface area contributed by atoms with Gasteiger partial charge in [0, 0.05) is 25.7 Å². The first-order valence-electron chi connectivity index (χ1n) is 7.85. The number of aliphatic hydroxyl groups is 1. The molecule has 19 heavy (non-hydrogen) atoms. The summed E-state index contributed by atoms with van der Waals surface area (Å²) in [4.78, 5) is 16.5. The lowest BCUT2D eigenvalue weighted by Crippen LogP contribution is -2.45. The Morgan fingerprint density at radius 2 is 1.74 bits per heavy atom. The van der Waals surface area contributed by atoms with E-state index in [-0.39, 0.29) is 12.5 Å². The van der Waals surface area contributed by atoms with Gasteiger partial charge in [-0.05, 0) is 25.7 Å². The van der Waals surface area contributed by atoms with Crippen LogP contribution in [0.2, 0.25) is 0 Å². The van der Waals surface area contributed by atoms with Crippen LogP contribution in [0.25, 0.3) is 0 Å². The number of amides is 1. The average Bonchev–Trinajstić information content (AvgIpc) is 2.69. The predicted octanol–water partition coefficient (Wildman–Crippen LogP) is 1.87. The summed E-state index contributed by atoms with van der Waals surface area (Å²) in [5, 5.41) is 9.18. The highest BCUT2D eigenvalue weighted by Gasteiger charge is 2.21.